The third-order valence-corrected chi connectivity index (χ3v) is 6.92. The van der Waals surface area contributed by atoms with E-state index >= 15 is 0 Å². The van der Waals surface area contributed by atoms with E-state index in [1.165, 1.54) is 0 Å². The van der Waals surface area contributed by atoms with Crippen LogP contribution in [0.2, 0.25) is 0 Å². The van der Waals surface area contributed by atoms with E-state index in [-0.39, 0.29) is 22.9 Å². The lowest BCUT2D eigenvalue weighted by atomic mass is 10.1. The SMILES string of the molecule is Cc1ccccc1CS(=O)(=O)c1ncc(CN(CC(C)C)C(=S)NC(C)C)n1CC(C)C. The van der Waals surface area contributed by atoms with Crippen molar-refractivity contribution >= 4 is 27.2 Å². The number of imidazole rings is 1. The normalized spacial score (nSPS) is 12.1. The van der Waals surface area contributed by atoms with Gasteiger partial charge in [-0.1, -0.05) is 52.0 Å². The lowest BCUT2D eigenvalue weighted by molar-refractivity contribution is 0.337. The molecule has 1 N–H and O–H groups in total. The number of hydrogen-bond acceptors (Lipinski definition) is 4. The van der Waals surface area contributed by atoms with Gasteiger partial charge in [0.1, 0.15) is 0 Å². The number of thiocarbonyl (C=S) groups is 1. The van der Waals surface area contributed by atoms with Crippen LogP contribution >= 0.6 is 12.2 Å². The van der Waals surface area contributed by atoms with Crippen molar-refractivity contribution in [3.8, 4) is 0 Å². The minimum Gasteiger partial charge on any atom is -0.360 e. The molecule has 8 heteroatoms. The van der Waals surface area contributed by atoms with Crippen LogP contribution in [0.1, 0.15) is 58.4 Å². The zero-order valence-electron chi connectivity index (χ0n) is 20.4. The Morgan fingerprint density at radius 3 is 2.34 bits per heavy atom. The average Bonchev–Trinajstić information content (AvgIpc) is 3.04. The first-order valence-electron chi connectivity index (χ1n) is 11.3. The molecule has 0 unspecified atom stereocenters. The summed E-state index contributed by atoms with van der Waals surface area (Å²) < 4.78 is 28.6. The van der Waals surface area contributed by atoms with Gasteiger partial charge >= 0.3 is 0 Å². The average molecular weight is 479 g/mol. The van der Waals surface area contributed by atoms with Gasteiger partial charge < -0.3 is 14.8 Å². The summed E-state index contributed by atoms with van der Waals surface area (Å²) in [6.07, 6.45) is 1.69. The summed E-state index contributed by atoms with van der Waals surface area (Å²) in [5.74, 6) is 0.624. The molecule has 0 saturated carbocycles. The molecule has 0 radical (unpaired) electrons. The van der Waals surface area contributed by atoms with E-state index < -0.39 is 9.84 Å². The molecule has 0 atom stereocenters. The molecule has 2 rings (SSSR count). The molecule has 0 amide bonds. The largest absolute Gasteiger partial charge is 0.360 e. The van der Waals surface area contributed by atoms with Crippen molar-refractivity contribution in [3.05, 3.63) is 47.3 Å². The second kappa shape index (κ2) is 11.3. The maximum atomic E-state index is 13.4. The molecule has 178 valence electrons. The number of aromatic nitrogens is 2. The summed E-state index contributed by atoms with van der Waals surface area (Å²) >= 11 is 5.65. The monoisotopic (exact) mass is 478 g/mol. The summed E-state index contributed by atoms with van der Waals surface area (Å²) in [5.41, 5.74) is 2.62. The van der Waals surface area contributed by atoms with Crippen molar-refractivity contribution < 1.29 is 8.42 Å². The summed E-state index contributed by atoms with van der Waals surface area (Å²) in [4.78, 5) is 6.51. The first kappa shape index (κ1) is 26.3. The van der Waals surface area contributed by atoms with E-state index in [1.54, 1.807) is 6.20 Å². The first-order valence-corrected chi connectivity index (χ1v) is 13.3. The highest BCUT2D eigenvalue weighted by Gasteiger charge is 2.26. The minimum absolute atomic E-state index is 0.0583. The molecular formula is C24H38N4O2S2. The first-order chi connectivity index (χ1) is 14.9. The van der Waals surface area contributed by atoms with E-state index in [1.807, 2.05) is 35.8 Å². The second-order valence-corrected chi connectivity index (χ2v) is 11.9. The predicted octanol–water partition coefficient (Wildman–Crippen LogP) is 4.56. The summed E-state index contributed by atoms with van der Waals surface area (Å²) in [5, 5.41) is 4.13. The molecule has 0 fully saturated rings. The number of sulfone groups is 1. The van der Waals surface area contributed by atoms with Gasteiger partial charge in [0.2, 0.25) is 15.0 Å². The highest BCUT2D eigenvalue weighted by atomic mass is 32.2. The molecule has 2 aromatic rings. The van der Waals surface area contributed by atoms with E-state index in [4.69, 9.17) is 12.2 Å². The van der Waals surface area contributed by atoms with Crippen LogP contribution in [0, 0.1) is 18.8 Å². The molecular weight excluding hydrogens is 440 g/mol. The van der Waals surface area contributed by atoms with Gasteiger partial charge in [0, 0.05) is 19.1 Å². The van der Waals surface area contributed by atoms with Crippen molar-refractivity contribution in [2.75, 3.05) is 6.54 Å². The Hall–Kier alpha value is -1.93. The standard InChI is InChI=1S/C24H38N4O2S2/c1-17(2)13-27(23(31)26-19(5)6)15-22-12-25-24(28(22)14-18(3)4)32(29,30)16-21-11-9-8-10-20(21)7/h8-12,17-19H,13-16H2,1-7H3,(H,26,31). The molecule has 0 saturated heterocycles. The quantitative estimate of drug-likeness (QED) is 0.505. The molecule has 0 spiro atoms. The zero-order valence-corrected chi connectivity index (χ0v) is 22.1. The summed E-state index contributed by atoms with van der Waals surface area (Å²) in [7, 11) is -3.60. The van der Waals surface area contributed by atoms with Crippen LogP contribution in [0.25, 0.3) is 0 Å². The van der Waals surface area contributed by atoms with Gasteiger partial charge in [-0.3, -0.25) is 0 Å². The Bertz CT molecular complexity index is 1010. The van der Waals surface area contributed by atoms with Gasteiger partial charge in [-0.15, -0.1) is 0 Å². The predicted molar refractivity (Wildman–Crippen MR) is 135 cm³/mol. The van der Waals surface area contributed by atoms with Gasteiger partial charge in [-0.25, -0.2) is 13.4 Å². The molecule has 32 heavy (non-hydrogen) atoms. The van der Waals surface area contributed by atoms with Gasteiger partial charge in [0.15, 0.2) is 5.11 Å². The molecule has 0 aliphatic carbocycles. The van der Waals surface area contributed by atoms with Gasteiger partial charge in [-0.05, 0) is 56.0 Å². The number of rotatable bonds is 10. The molecule has 6 nitrogen and oxygen atoms in total. The smallest absolute Gasteiger partial charge is 0.228 e. The summed E-state index contributed by atoms with van der Waals surface area (Å²) in [6, 6.07) is 7.81. The second-order valence-electron chi connectivity index (χ2n) is 9.60. The molecule has 0 aliphatic rings. The maximum Gasteiger partial charge on any atom is 0.228 e. The summed E-state index contributed by atoms with van der Waals surface area (Å²) in [6.45, 7) is 16.4. The fraction of sp³-hybridized carbons (Fsp3) is 0.583. The number of nitrogens with one attached hydrogen (secondary N) is 1. The van der Waals surface area contributed by atoms with Crippen molar-refractivity contribution in [2.24, 2.45) is 11.8 Å². The highest BCUT2D eigenvalue weighted by molar-refractivity contribution is 7.90. The molecule has 1 aromatic heterocycles. The Morgan fingerprint density at radius 2 is 1.78 bits per heavy atom. The number of hydrogen-bond donors (Lipinski definition) is 1. The van der Waals surface area contributed by atoms with Crippen LogP contribution in [0.3, 0.4) is 0 Å². The number of benzene rings is 1. The Kier molecular flexibility index (Phi) is 9.28. The van der Waals surface area contributed by atoms with E-state index in [0.29, 0.717) is 24.1 Å². The number of aryl methyl sites for hydroxylation is 1. The van der Waals surface area contributed by atoms with E-state index in [0.717, 1.165) is 23.4 Å². The van der Waals surface area contributed by atoms with Gasteiger partial charge in [-0.2, -0.15) is 0 Å². The van der Waals surface area contributed by atoms with Crippen LogP contribution in [0.5, 0.6) is 0 Å². The molecule has 0 aliphatic heterocycles. The van der Waals surface area contributed by atoms with Crippen molar-refractivity contribution in [1.29, 1.82) is 0 Å². The highest BCUT2D eigenvalue weighted by Crippen LogP contribution is 2.22. The molecule has 0 bridgehead atoms. The van der Waals surface area contributed by atoms with Crippen molar-refractivity contribution in [1.82, 2.24) is 19.8 Å². The zero-order chi connectivity index (χ0) is 24.1. The Morgan fingerprint density at radius 1 is 1.12 bits per heavy atom. The number of nitrogens with zero attached hydrogens (tertiary/aromatic N) is 3. The molecule has 1 heterocycles. The van der Waals surface area contributed by atoms with Crippen LogP contribution in [-0.2, 0) is 28.7 Å². The van der Waals surface area contributed by atoms with Crippen LogP contribution in [0.15, 0.2) is 35.6 Å². The maximum absolute atomic E-state index is 13.4. The van der Waals surface area contributed by atoms with Crippen molar-refractivity contribution in [3.63, 3.8) is 0 Å². The van der Waals surface area contributed by atoms with Crippen LogP contribution in [-0.4, -0.2) is 40.6 Å². The third-order valence-electron chi connectivity index (χ3n) is 4.97. The minimum atomic E-state index is -3.60. The molecule has 1 aromatic carbocycles. The van der Waals surface area contributed by atoms with E-state index in [9.17, 15) is 8.42 Å². The van der Waals surface area contributed by atoms with Gasteiger partial charge in [0.25, 0.3) is 0 Å². The van der Waals surface area contributed by atoms with Gasteiger partial charge in [0.05, 0.1) is 24.2 Å². The Labute approximate surface area is 199 Å². The van der Waals surface area contributed by atoms with Crippen molar-refractivity contribution in [2.45, 2.75) is 78.5 Å². The lowest BCUT2D eigenvalue weighted by Crippen LogP contribution is -2.44. The topological polar surface area (TPSA) is 67.2 Å². The third kappa shape index (κ3) is 7.30. The Balaban J connectivity index is 2.42. The fourth-order valence-electron chi connectivity index (χ4n) is 3.56. The lowest BCUT2D eigenvalue weighted by Gasteiger charge is -2.29. The van der Waals surface area contributed by atoms with Crippen LogP contribution < -0.4 is 5.32 Å². The fourth-order valence-corrected chi connectivity index (χ4v) is 5.54. The van der Waals surface area contributed by atoms with Crippen LogP contribution in [0.4, 0.5) is 0 Å². The van der Waals surface area contributed by atoms with E-state index in [2.05, 4.69) is 56.7 Å².